The first-order valence-electron chi connectivity index (χ1n) is 9.66. The van der Waals surface area contributed by atoms with Crippen LogP contribution in [0.25, 0.3) is 0 Å². The third kappa shape index (κ3) is 4.54. The van der Waals surface area contributed by atoms with Crippen LogP contribution in [0.3, 0.4) is 0 Å². The zero-order valence-electron chi connectivity index (χ0n) is 16.6. The van der Waals surface area contributed by atoms with Crippen molar-refractivity contribution in [3.05, 3.63) is 91.5 Å². The fourth-order valence-corrected chi connectivity index (χ4v) is 4.26. The minimum atomic E-state index is -0.660. The van der Waals surface area contributed by atoms with Crippen LogP contribution >= 0.6 is 38.5 Å². The molecule has 4 rings (SSSR count). The van der Waals surface area contributed by atoms with Crippen LogP contribution in [0, 0.1) is 3.57 Å². The minimum absolute atomic E-state index is 0.302. The summed E-state index contributed by atoms with van der Waals surface area (Å²) in [7, 11) is 0. The van der Waals surface area contributed by atoms with Crippen LogP contribution in [0.15, 0.2) is 71.2 Å². The van der Waals surface area contributed by atoms with Crippen LogP contribution in [0.5, 0.6) is 5.75 Å². The van der Waals surface area contributed by atoms with Gasteiger partial charge in [-0.1, -0.05) is 34.1 Å². The average molecular weight is 592 g/mol. The lowest BCUT2D eigenvalue weighted by atomic mass is 10.0. The van der Waals surface area contributed by atoms with Gasteiger partial charge < -0.3 is 10.1 Å². The predicted octanol–water partition coefficient (Wildman–Crippen LogP) is 5.36. The number of nitrogens with zero attached hydrogens (tertiary/aromatic N) is 1. The van der Waals surface area contributed by atoms with E-state index in [1.807, 2.05) is 43.3 Å². The molecule has 0 radical (unpaired) electrons. The quantitative estimate of drug-likeness (QED) is 0.392. The molecule has 1 aliphatic heterocycles. The second kappa shape index (κ2) is 9.27. The number of carbonyl (C=O) groups is 2. The molecule has 0 aliphatic carbocycles. The number of benzene rings is 3. The normalized spacial score (nSPS) is 15.1. The molecule has 0 unspecified atom stereocenters. The number of amides is 2. The van der Waals surface area contributed by atoms with Crippen LogP contribution in [0.2, 0.25) is 0 Å². The predicted molar refractivity (Wildman–Crippen MR) is 131 cm³/mol. The molecular formula is C23H19BrIN3O3. The Morgan fingerprint density at radius 3 is 2.68 bits per heavy atom. The van der Waals surface area contributed by atoms with E-state index in [0.717, 1.165) is 13.6 Å². The van der Waals surface area contributed by atoms with Crippen molar-refractivity contribution in [2.45, 2.75) is 13.1 Å². The van der Waals surface area contributed by atoms with Gasteiger partial charge >= 0.3 is 0 Å². The van der Waals surface area contributed by atoms with Crippen LogP contribution < -0.4 is 15.5 Å². The summed E-state index contributed by atoms with van der Waals surface area (Å²) in [6.07, 6.45) is -0.660. The van der Waals surface area contributed by atoms with Gasteiger partial charge in [-0.2, -0.15) is 0 Å². The highest BCUT2D eigenvalue weighted by molar-refractivity contribution is 14.1. The first-order valence-corrected chi connectivity index (χ1v) is 11.5. The number of rotatable bonds is 5. The van der Waals surface area contributed by atoms with Crippen molar-refractivity contribution in [3.8, 4) is 5.75 Å². The Morgan fingerprint density at radius 2 is 1.94 bits per heavy atom. The van der Waals surface area contributed by atoms with Crippen LogP contribution in [0.4, 0.5) is 5.69 Å². The van der Waals surface area contributed by atoms with Crippen molar-refractivity contribution >= 4 is 56.0 Å². The molecule has 31 heavy (non-hydrogen) atoms. The second-order valence-electron chi connectivity index (χ2n) is 6.83. The molecule has 0 spiro atoms. The van der Waals surface area contributed by atoms with Gasteiger partial charge in [0.1, 0.15) is 5.75 Å². The van der Waals surface area contributed by atoms with E-state index in [9.17, 15) is 9.59 Å². The number of fused-ring (bicyclic) bond motifs is 1. The summed E-state index contributed by atoms with van der Waals surface area (Å²) >= 11 is 5.67. The Morgan fingerprint density at radius 1 is 1.16 bits per heavy atom. The molecule has 2 amide bonds. The molecule has 8 heteroatoms. The summed E-state index contributed by atoms with van der Waals surface area (Å²) in [6.45, 7) is 2.37. The second-order valence-corrected chi connectivity index (χ2v) is 9.00. The van der Waals surface area contributed by atoms with Gasteiger partial charge in [0.15, 0.2) is 6.17 Å². The van der Waals surface area contributed by atoms with Gasteiger partial charge in [0.2, 0.25) is 0 Å². The molecule has 0 saturated heterocycles. The number of hydrogen-bond acceptors (Lipinski definition) is 4. The smallest absolute Gasteiger partial charge is 0.276 e. The fourth-order valence-electron chi connectivity index (χ4n) is 3.39. The third-order valence-corrected chi connectivity index (χ3v) is 5.97. The highest BCUT2D eigenvalue weighted by Crippen LogP contribution is 2.37. The third-order valence-electron chi connectivity index (χ3n) is 4.81. The molecule has 3 aromatic carbocycles. The lowest BCUT2D eigenvalue weighted by Crippen LogP contribution is -2.53. The van der Waals surface area contributed by atoms with Crippen LogP contribution in [-0.4, -0.2) is 23.4 Å². The van der Waals surface area contributed by atoms with E-state index in [-0.39, 0.29) is 11.8 Å². The molecule has 0 fully saturated rings. The van der Waals surface area contributed by atoms with E-state index < -0.39 is 6.17 Å². The molecular weight excluding hydrogens is 573 g/mol. The molecule has 2 N–H and O–H groups in total. The van der Waals surface area contributed by atoms with Crippen molar-refractivity contribution in [2.75, 3.05) is 11.9 Å². The van der Waals surface area contributed by atoms with E-state index in [0.29, 0.717) is 29.2 Å². The number of ether oxygens (including phenoxy) is 1. The minimum Gasteiger partial charge on any atom is -0.493 e. The van der Waals surface area contributed by atoms with E-state index in [4.69, 9.17) is 4.74 Å². The Labute approximate surface area is 202 Å². The van der Waals surface area contributed by atoms with Gasteiger partial charge in [-0.05, 0) is 78.0 Å². The average Bonchev–Trinajstić information content (AvgIpc) is 2.78. The van der Waals surface area contributed by atoms with Crippen molar-refractivity contribution < 1.29 is 14.3 Å². The highest BCUT2D eigenvalue weighted by atomic mass is 127. The molecule has 0 aromatic heterocycles. The number of hydrazine groups is 1. The first-order chi connectivity index (χ1) is 15.0. The Balaban J connectivity index is 1.79. The summed E-state index contributed by atoms with van der Waals surface area (Å²) in [5.41, 5.74) is 5.16. The summed E-state index contributed by atoms with van der Waals surface area (Å²) in [4.78, 5) is 26.4. The number of carbonyl (C=O) groups excluding carboxylic acids is 2. The van der Waals surface area contributed by atoms with Gasteiger partial charge in [-0.15, -0.1) is 0 Å². The molecule has 0 bridgehead atoms. The maximum Gasteiger partial charge on any atom is 0.276 e. The van der Waals surface area contributed by atoms with Crippen LogP contribution in [0.1, 0.15) is 39.4 Å². The maximum absolute atomic E-state index is 13.5. The monoisotopic (exact) mass is 591 g/mol. The molecule has 158 valence electrons. The molecule has 1 atom stereocenters. The van der Waals surface area contributed by atoms with E-state index >= 15 is 0 Å². The standard InChI is InChI=1S/C23H19BrIN3O3/c1-2-31-20-11-8-15(24)12-18(20)21-26-19-10-9-16(25)13-17(19)23(30)28(21)27-22(29)14-6-4-3-5-7-14/h3-13,21,26H,2H2,1H3,(H,27,29)/t21-/m1/s1. The first kappa shape index (κ1) is 21.6. The van der Waals surface area contributed by atoms with Gasteiger partial charge in [0.05, 0.1) is 12.2 Å². The topological polar surface area (TPSA) is 70.7 Å². The zero-order chi connectivity index (χ0) is 22.0. The molecule has 1 aliphatic rings. The van der Waals surface area contributed by atoms with Crippen molar-refractivity contribution in [2.24, 2.45) is 0 Å². The van der Waals surface area contributed by atoms with Gasteiger partial charge in [0.25, 0.3) is 11.8 Å². The van der Waals surface area contributed by atoms with E-state index in [1.165, 1.54) is 5.01 Å². The van der Waals surface area contributed by atoms with E-state index in [2.05, 4.69) is 49.3 Å². The number of halogens is 2. The maximum atomic E-state index is 13.5. The van der Waals surface area contributed by atoms with Crippen molar-refractivity contribution in [3.63, 3.8) is 0 Å². The molecule has 0 saturated carbocycles. The van der Waals surface area contributed by atoms with Crippen LogP contribution in [-0.2, 0) is 0 Å². The molecule has 1 heterocycles. The SMILES string of the molecule is CCOc1ccc(Br)cc1[C@@H]1Nc2ccc(I)cc2C(=O)N1NC(=O)c1ccccc1. The molecule has 3 aromatic rings. The summed E-state index contributed by atoms with van der Waals surface area (Å²) in [5.74, 6) is -0.0457. The largest absolute Gasteiger partial charge is 0.493 e. The fraction of sp³-hybridized carbons (Fsp3) is 0.130. The van der Waals surface area contributed by atoms with Crippen molar-refractivity contribution in [1.29, 1.82) is 0 Å². The van der Waals surface area contributed by atoms with E-state index in [1.54, 1.807) is 30.3 Å². The Bertz CT molecular complexity index is 1140. The highest BCUT2D eigenvalue weighted by Gasteiger charge is 2.36. The number of anilines is 1. The summed E-state index contributed by atoms with van der Waals surface area (Å²) in [6, 6.07) is 20.0. The zero-order valence-corrected chi connectivity index (χ0v) is 20.3. The molecule has 6 nitrogen and oxygen atoms in total. The van der Waals surface area contributed by atoms with Gasteiger partial charge in [-0.3, -0.25) is 15.0 Å². The lowest BCUT2D eigenvalue weighted by Gasteiger charge is -2.38. The Hall–Kier alpha value is -2.59. The van der Waals surface area contributed by atoms with Gasteiger partial charge in [-0.25, -0.2) is 5.01 Å². The summed E-state index contributed by atoms with van der Waals surface area (Å²) < 4.78 is 7.58. The number of hydrogen-bond donors (Lipinski definition) is 2. The summed E-state index contributed by atoms with van der Waals surface area (Å²) in [5, 5.41) is 4.72. The van der Waals surface area contributed by atoms with Crippen molar-refractivity contribution in [1.82, 2.24) is 10.4 Å². The van der Waals surface area contributed by atoms with Gasteiger partial charge in [0, 0.05) is 24.9 Å². The number of nitrogens with one attached hydrogen (secondary N) is 2. The lowest BCUT2D eigenvalue weighted by molar-refractivity contribution is 0.0488. The Kier molecular flexibility index (Phi) is 6.47.